The van der Waals surface area contributed by atoms with Gasteiger partial charge in [0.15, 0.2) is 0 Å². The molecule has 0 nitrogen and oxygen atoms in total. The van der Waals surface area contributed by atoms with E-state index < -0.39 is 0 Å². The van der Waals surface area contributed by atoms with E-state index in [9.17, 15) is 0 Å². The van der Waals surface area contributed by atoms with Crippen molar-refractivity contribution in [1.29, 1.82) is 0 Å². The van der Waals surface area contributed by atoms with Crippen molar-refractivity contribution >= 4 is 85.8 Å². The molecule has 4 unspecified atom stereocenters. The Morgan fingerprint density at radius 1 is 0.842 bits per heavy atom. The molecule has 0 aliphatic heterocycles. The minimum absolute atomic E-state index is 0.479. The average molecular weight is 395 g/mol. The van der Waals surface area contributed by atoms with Crippen molar-refractivity contribution in [1.82, 2.24) is 0 Å². The number of rotatable bonds is 12. The quantitative estimate of drug-likeness (QED) is 0.362. The predicted octanol–water partition coefficient (Wildman–Crippen LogP) is 4.42. The maximum atomic E-state index is 4.47. The lowest BCUT2D eigenvalue weighted by Crippen LogP contribution is -2.18. The second kappa shape index (κ2) is 14.1. The summed E-state index contributed by atoms with van der Waals surface area (Å²) in [4.78, 5) is 0. The van der Waals surface area contributed by atoms with Gasteiger partial charge >= 0.3 is 0 Å². The van der Waals surface area contributed by atoms with Crippen LogP contribution in [0.2, 0.25) is 0 Å². The highest BCUT2D eigenvalue weighted by molar-refractivity contribution is 8.06. The summed E-state index contributed by atoms with van der Waals surface area (Å²) >= 11 is 23.7. The first-order chi connectivity index (χ1) is 9.03. The molecule has 0 fully saturated rings. The van der Waals surface area contributed by atoms with Gasteiger partial charge in [-0.2, -0.15) is 85.8 Å². The third-order valence-corrected chi connectivity index (χ3v) is 9.41. The Balaban J connectivity index is 3.89. The van der Waals surface area contributed by atoms with Crippen LogP contribution in [0.15, 0.2) is 0 Å². The molecule has 0 aromatic rings. The molecule has 0 saturated heterocycles. The van der Waals surface area contributed by atoms with E-state index >= 15 is 0 Å². The molecule has 7 heteroatoms. The number of hydrogen-bond donors (Lipinski definition) is 4. The topological polar surface area (TPSA) is 0 Å². The molecular weight excluding hydrogens is 369 g/mol. The monoisotopic (exact) mass is 394 g/mol. The van der Waals surface area contributed by atoms with Crippen LogP contribution in [0.1, 0.15) is 13.8 Å². The lowest BCUT2D eigenvalue weighted by molar-refractivity contribution is 1.07. The van der Waals surface area contributed by atoms with Gasteiger partial charge in [-0.1, -0.05) is 13.8 Å². The maximum absolute atomic E-state index is 4.47. The van der Waals surface area contributed by atoms with E-state index in [-0.39, 0.29) is 0 Å². The Hall–Kier alpha value is 2.45. The van der Waals surface area contributed by atoms with Crippen molar-refractivity contribution in [2.24, 2.45) is 0 Å². The largest absolute Gasteiger partial charge is 0.178 e. The molecule has 0 spiro atoms. The molecule has 0 aliphatic rings. The summed E-state index contributed by atoms with van der Waals surface area (Å²) in [5.41, 5.74) is 0. The second-order valence-electron chi connectivity index (χ2n) is 4.46. The van der Waals surface area contributed by atoms with Crippen molar-refractivity contribution in [3.8, 4) is 0 Å². The highest BCUT2D eigenvalue weighted by atomic mass is 32.2. The van der Waals surface area contributed by atoms with Crippen molar-refractivity contribution in [2.75, 3.05) is 34.5 Å². The van der Waals surface area contributed by atoms with Crippen LogP contribution in [0.25, 0.3) is 0 Å². The molecule has 0 amide bonds. The molecule has 0 heterocycles. The molecule has 0 aromatic heterocycles. The van der Waals surface area contributed by atoms with E-state index in [1.165, 1.54) is 5.75 Å². The zero-order valence-electron chi connectivity index (χ0n) is 11.6. The Morgan fingerprint density at radius 3 is 1.95 bits per heavy atom. The summed E-state index contributed by atoms with van der Waals surface area (Å²) in [5.74, 6) is 6.28. The Kier molecular flexibility index (Phi) is 15.9. The minimum atomic E-state index is 0.479. The van der Waals surface area contributed by atoms with Crippen molar-refractivity contribution in [2.45, 2.75) is 34.8 Å². The second-order valence-corrected chi connectivity index (χ2v) is 10.6. The first kappa shape index (κ1) is 21.4. The summed E-state index contributed by atoms with van der Waals surface area (Å²) < 4.78 is 0. The smallest absolute Gasteiger partial charge is 0.0229 e. The number of hydrogen-bond acceptors (Lipinski definition) is 7. The molecule has 0 aromatic carbocycles. The van der Waals surface area contributed by atoms with Gasteiger partial charge in [-0.3, -0.25) is 0 Å². The van der Waals surface area contributed by atoms with Crippen molar-refractivity contribution in [3.63, 3.8) is 0 Å². The van der Waals surface area contributed by atoms with Crippen LogP contribution in [-0.2, 0) is 0 Å². The van der Waals surface area contributed by atoms with Crippen LogP contribution in [0.3, 0.4) is 0 Å². The summed E-state index contributed by atoms with van der Waals surface area (Å²) in [6, 6.07) is 0. The van der Waals surface area contributed by atoms with Crippen molar-refractivity contribution in [3.05, 3.63) is 0 Å². The molecule has 19 heavy (non-hydrogen) atoms. The van der Waals surface area contributed by atoms with E-state index in [4.69, 9.17) is 0 Å². The highest BCUT2D eigenvalue weighted by Crippen LogP contribution is 2.27. The molecule has 116 valence electrons. The van der Waals surface area contributed by atoms with Gasteiger partial charge in [0.25, 0.3) is 0 Å². The average Bonchev–Trinajstić information content (AvgIpc) is 2.40. The number of thiol groups is 4. The van der Waals surface area contributed by atoms with E-state index in [0.717, 1.165) is 28.8 Å². The van der Waals surface area contributed by atoms with Gasteiger partial charge in [0.05, 0.1) is 0 Å². The fourth-order valence-electron chi connectivity index (χ4n) is 1.27. The van der Waals surface area contributed by atoms with Gasteiger partial charge in [-0.05, 0) is 0 Å². The van der Waals surface area contributed by atoms with Gasteiger partial charge in [-0.15, -0.1) is 0 Å². The van der Waals surface area contributed by atoms with Crippen LogP contribution in [0.5, 0.6) is 0 Å². The number of thioether (sulfide) groups is 3. The zero-order valence-corrected chi connectivity index (χ0v) is 17.6. The summed E-state index contributed by atoms with van der Waals surface area (Å²) in [7, 11) is 0. The van der Waals surface area contributed by atoms with Crippen molar-refractivity contribution < 1.29 is 0 Å². The maximum Gasteiger partial charge on any atom is 0.0229 e. The Labute approximate surface area is 154 Å². The van der Waals surface area contributed by atoms with Crippen LogP contribution in [-0.4, -0.2) is 55.5 Å². The normalized spacial score (nSPS) is 18.0. The van der Waals surface area contributed by atoms with E-state index in [1.54, 1.807) is 0 Å². The standard InChI is InChI=1S/C12H26S7/c1-9(16)6-17-7-11(4-14)18-8-12(5-15)19-10(2)3-13/h9-16H,3-8H2,1-2H3. The summed E-state index contributed by atoms with van der Waals surface area (Å²) in [6.07, 6.45) is 0. The van der Waals surface area contributed by atoms with Gasteiger partial charge in [0.2, 0.25) is 0 Å². The third-order valence-electron chi connectivity index (χ3n) is 2.27. The highest BCUT2D eigenvalue weighted by Gasteiger charge is 2.15. The molecule has 0 aliphatic carbocycles. The van der Waals surface area contributed by atoms with Crippen LogP contribution in [0, 0.1) is 0 Å². The molecule has 0 rings (SSSR count). The van der Waals surface area contributed by atoms with Crippen LogP contribution < -0.4 is 0 Å². The first-order valence-corrected chi connectivity index (χ1v) is 11.9. The molecular formula is C12H26S7. The summed E-state index contributed by atoms with van der Waals surface area (Å²) in [6.45, 7) is 4.38. The molecule has 4 atom stereocenters. The van der Waals surface area contributed by atoms with E-state index in [0.29, 0.717) is 21.0 Å². The van der Waals surface area contributed by atoms with Crippen LogP contribution in [0.4, 0.5) is 0 Å². The van der Waals surface area contributed by atoms with Gasteiger partial charge in [0.1, 0.15) is 0 Å². The molecule has 0 saturated carbocycles. The van der Waals surface area contributed by atoms with Crippen LogP contribution >= 0.6 is 85.8 Å². The fraction of sp³-hybridized carbons (Fsp3) is 1.00. The van der Waals surface area contributed by atoms with Gasteiger partial charge < -0.3 is 0 Å². The SMILES string of the molecule is CC(S)CSCC(CS)SCC(CS)SC(C)CS. The zero-order chi connectivity index (χ0) is 14.7. The molecule has 0 radical (unpaired) electrons. The van der Waals surface area contributed by atoms with E-state index in [1.807, 2.05) is 35.3 Å². The molecule has 0 N–H and O–H groups in total. The lowest BCUT2D eigenvalue weighted by atomic mass is 10.5. The first-order valence-electron chi connectivity index (χ1n) is 6.38. The van der Waals surface area contributed by atoms with E-state index in [2.05, 4.69) is 64.4 Å². The van der Waals surface area contributed by atoms with Gasteiger partial charge in [0, 0.05) is 55.5 Å². The Morgan fingerprint density at radius 2 is 1.47 bits per heavy atom. The molecule has 0 bridgehead atoms. The lowest BCUT2D eigenvalue weighted by Gasteiger charge is -2.21. The predicted molar refractivity (Wildman–Crippen MR) is 114 cm³/mol. The summed E-state index contributed by atoms with van der Waals surface area (Å²) in [5, 5.41) is 2.34. The fourth-order valence-corrected chi connectivity index (χ4v) is 6.65. The minimum Gasteiger partial charge on any atom is -0.178 e. The third kappa shape index (κ3) is 12.7. The van der Waals surface area contributed by atoms with Gasteiger partial charge in [-0.25, -0.2) is 0 Å². The Bertz CT molecular complexity index is 201.